The molecule has 0 unspecified atom stereocenters. The predicted molar refractivity (Wildman–Crippen MR) is 47.2 cm³/mol. The van der Waals surface area contributed by atoms with Crippen LogP contribution in [0.2, 0.25) is 0 Å². The lowest BCUT2D eigenvalue weighted by molar-refractivity contribution is 0.560. The van der Waals surface area contributed by atoms with E-state index in [4.69, 9.17) is 0 Å². The molecule has 2 heteroatoms. The van der Waals surface area contributed by atoms with Gasteiger partial charge in [-0.1, -0.05) is 26.2 Å². The van der Waals surface area contributed by atoms with Crippen LogP contribution in [-0.2, 0) is 4.79 Å². The van der Waals surface area contributed by atoms with Crippen LogP contribution in [0.5, 0.6) is 0 Å². The minimum Gasteiger partial charge on any atom is -0.290 e. The molecule has 0 amide bonds. The van der Waals surface area contributed by atoms with Crippen molar-refractivity contribution in [1.82, 2.24) is 0 Å². The molecule has 0 heterocycles. The van der Waals surface area contributed by atoms with Crippen molar-refractivity contribution in [3.05, 3.63) is 0 Å². The van der Waals surface area contributed by atoms with Gasteiger partial charge in [-0.15, -0.1) is 0 Å². The Balaban J connectivity index is 2.70. The molecule has 0 saturated carbocycles. The smallest absolute Gasteiger partial charge is 0.209 e. The van der Waals surface area contributed by atoms with Gasteiger partial charge in [0.25, 0.3) is 0 Å². The molecule has 1 radical (unpaired) electrons. The van der Waals surface area contributed by atoms with Gasteiger partial charge in [0.05, 0.1) is 5.75 Å². The number of hydrogen-bond acceptors (Lipinski definition) is 2. The first kappa shape index (κ1) is 10.0. The summed E-state index contributed by atoms with van der Waals surface area (Å²) in [6.07, 6.45) is 7.04. The lowest BCUT2D eigenvalue weighted by atomic mass is 10.2. The first-order valence-electron chi connectivity index (χ1n) is 3.84. The lowest BCUT2D eigenvalue weighted by Crippen LogP contribution is -1.84. The third-order valence-corrected chi connectivity index (χ3v) is 2.20. The zero-order valence-electron chi connectivity index (χ0n) is 6.56. The highest BCUT2D eigenvalue weighted by atomic mass is 32.2. The molecule has 1 nitrogen and oxygen atoms in total. The number of thioether (sulfide) groups is 1. The van der Waals surface area contributed by atoms with Crippen molar-refractivity contribution in [2.24, 2.45) is 0 Å². The molecule has 0 saturated heterocycles. The SMILES string of the molecule is CCCCCCSC[C]=O. The summed E-state index contributed by atoms with van der Waals surface area (Å²) < 4.78 is 0. The normalized spacial score (nSPS) is 9.70. The molecule has 0 bridgehead atoms. The van der Waals surface area contributed by atoms with Crippen LogP contribution >= 0.6 is 11.8 Å². The van der Waals surface area contributed by atoms with Crippen molar-refractivity contribution in [3.63, 3.8) is 0 Å². The van der Waals surface area contributed by atoms with Gasteiger partial charge in [-0.25, -0.2) is 0 Å². The minimum atomic E-state index is 0.548. The number of hydrogen-bond donors (Lipinski definition) is 0. The highest BCUT2D eigenvalue weighted by Crippen LogP contribution is 2.05. The molecular formula is C8H15OS. The summed E-state index contributed by atoms with van der Waals surface area (Å²) in [4.78, 5) is 9.75. The molecule has 0 rings (SSSR count). The van der Waals surface area contributed by atoms with Crippen LogP contribution in [-0.4, -0.2) is 17.8 Å². The Kier molecular flexibility index (Phi) is 9.04. The maximum Gasteiger partial charge on any atom is 0.209 e. The largest absolute Gasteiger partial charge is 0.290 e. The van der Waals surface area contributed by atoms with Crippen LogP contribution in [0.3, 0.4) is 0 Å². The molecule has 0 aliphatic heterocycles. The summed E-state index contributed by atoms with van der Waals surface area (Å²) in [5.41, 5.74) is 0. The quantitative estimate of drug-likeness (QED) is 0.531. The predicted octanol–water partition coefficient (Wildman–Crippen LogP) is 2.41. The molecule has 0 N–H and O–H groups in total. The van der Waals surface area contributed by atoms with E-state index >= 15 is 0 Å². The summed E-state index contributed by atoms with van der Waals surface area (Å²) in [5, 5.41) is 0. The topological polar surface area (TPSA) is 17.1 Å². The molecule has 10 heavy (non-hydrogen) atoms. The van der Waals surface area contributed by atoms with E-state index in [1.807, 2.05) is 6.29 Å². The number of carbonyl (C=O) groups excluding carboxylic acids is 1. The van der Waals surface area contributed by atoms with Crippen molar-refractivity contribution in [2.75, 3.05) is 11.5 Å². The molecule has 59 valence electrons. The van der Waals surface area contributed by atoms with Gasteiger partial charge in [0.1, 0.15) is 0 Å². The van der Waals surface area contributed by atoms with Crippen LogP contribution in [0.4, 0.5) is 0 Å². The zero-order valence-corrected chi connectivity index (χ0v) is 7.38. The van der Waals surface area contributed by atoms with Crippen molar-refractivity contribution in [3.8, 4) is 0 Å². The second-order valence-electron chi connectivity index (χ2n) is 2.26. The van der Waals surface area contributed by atoms with Crippen LogP contribution < -0.4 is 0 Å². The Morgan fingerprint density at radius 3 is 2.70 bits per heavy atom. The van der Waals surface area contributed by atoms with Crippen molar-refractivity contribution in [2.45, 2.75) is 32.6 Å². The minimum absolute atomic E-state index is 0.548. The van der Waals surface area contributed by atoms with Gasteiger partial charge >= 0.3 is 0 Å². The second kappa shape index (κ2) is 9.02. The van der Waals surface area contributed by atoms with Crippen molar-refractivity contribution >= 4 is 18.0 Å². The summed E-state index contributed by atoms with van der Waals surface area (Å²) in [6, 6.07) is 0. The molecular weight excluding hydrogens is 144 g/mol. The van der Waals surface area contributed by atoms with Gasteiger partial charge in [-0.3, -0.25) is 4.79 Å². The third-order valence-electron chi connectivity index (χ3n) is 1.30. The Bertz CT molecular complexity index is 73.7. The van der Waals surface area contributed by atoms with E-state index in [9.17, 15) is 4.79 Å². The van der Waals surface area contributed by atoms with E-state index in [2.05, 4.69) is 6.92 Å². The van der Waals surface area contributed by atoms with E-state index in [1.165, 1.54) is 25.7 Å². The van der Waals surface area contributed by atoms with E-state index < -0.39 is 0 Å². The Hall–Kier alpha value is 0.0200. The summed E-state index contributed by atoms with van der Waals surface area (Å²) >= 11 is 1.68. The highest BCUT2D eigenvalue weighted by molar-refractivity contribution is 7.99. The van der Waals surface area contributed by atoms with Gasteiger partial charge in [-0.05, 0) is 12.2 Å². The standard InChI is InChI=1S/C8H15OS/c1-2-3-4-5-7-10-8-6-9/h2-5,7-8H2,1H3. The van der Waals surface area contributed by atoms with Crippen LogP contribution in [0.25, 0.3) is 0 Å². The molecule has 0 aliphatic carbocycles. The van der Waals surface area contributed by atoms with Gasteiger partial charge in [0, 0.05) is 0 Å². The van der Waals surface area contributed by atoms with E-state index in [0.29, 0.717) is 5.75 Å². The molecule has 0 aromatic heterocycles. The fourth-order valence-electron chi connectivity index (χ4n) is 0.745. The molecule has 0 aromatic carbocycles. The monoisotopic (exact) mass is 159 g/mol. The molecule has 0 spiro atoms. The van der Waals surface area contributed by atoms with Crippen LogP contribution in [0.15, 0.2) is 0 Å². The van der Waals surface area contributed by atoms with Gasteiger partial charge in [-0.2, -0.15) is 11.8 Å². The number of rotatable bonds is 7. The third kappa shape index (κ3) is 8.02. The second-order valence-corrected chi connectivity index (χ2v) is 3.36. The van der Waals surface area contributed by atoms with E-state index in [0.717, 1.165) is 5.75 Å². The highest BCUT2D eigenvalue weighted by Gasteiger charge is 1.88. The fourth-order valence-corrected chi connectivity index (χ4v) is 1.38. The average Bonchev–Trinajstić information content (AvgIpc) is 1.97. The summed E-state index contributed by atoms with van der Waals surface area (Å²) in [7, 11) is 0. The maximum atomic E-state index is 9.75. The zero-order chi connectivity index (χ0) is 7.66. The van der Waals surface area contributed by atoms with Crippen LogP contribution in [0.1, 0.15) is 32.6 Å². The summed E-state index contributed by atoms with van der Waals surface area (Å²) in [6.45, 7) is 2.20. The first-order valence-corrected chi connectivity index (χ1v) is 5.00. The van der Waals surface area contributed by atoms with Gasteiger partial charge < -0.3 is 0 Å². The Morgan fingerprint density at radius 1 is 1.30 bits per heavy atom. The Labute approximate surface area is 67.6 Å². The summed E-state index contributed by atoms with van der Waals surface area (Å²) in [5.74, 6) is 1.67. The van der Waals surface area contributed by atoms with Crippen LogP contribution in [0, 0.1) is 0 Å². The number of unbranched alkanes of at least 4 members (excludes halogenated alkanes) is 3. The van der Waals surface area contributed by atoms with E-state index in [-0.39, 0.29) is 0 Å². The molecule has 0 aliphatic rings. The van der Waals surface area contributed by atoms with E-state index in [1.54, 1.807) is 11.8 Å². The van der Waals surface area contributed by atoms with Crippen molar-refractivity contribution < 1.29 is 4.79 Å². The average molecular weight is 159 g/mol. The Morgan fingerprint density at radius 2 is 2.10 bits per heavy atom. The maximum absolute atomic E-state index is 9.75. The van der Waals surface area contributed by atoms with Gasteiger partial charge in [0.15, 0.2) is 0 Å². The fraction of sp³-hybridized carbons (Fsp3) is 0.875. The first-order chi connectivity index (χ1) is 4.91. The van der Waals surface area contributed by atoms with Crippen molar-refractivity contribution in [1.29, 1.82) is 0 Å². The lowest BCUT2D eigenvalue weighted by Gasteiger charge is -1.95. The molecule has 0 atom stereocenters. The molecule has 0 fully saturated rings. The molecule has 0 aromatic rings. The van der Waals surface area contributed by atoms with Gasteiger partial charge in [0.2, 0.25) is 6.29 Å².